The van der Waals surface area contributed by atoms with Gasteiger partial charge in [0.15, 0.2) is 0 Å². The molecule has 0 saturated carbocycles. The Hall–Kier alpha value is -3.68. The summed E-state index contributed by atoms with van der Waals surface area (Å²) < 4.78 is 0. The van der Waals surface area contributed by atoms with Crippen LogP contribution in [0.2, 0.25) is 0 Å². The average Bonchev–Trinajstić information content (AvgIpc) is 2.77. The lowest BCUT2D eigenvalue weighted by molar-refractivity contribution is 0.111. The summed E-state index contributed by atoms with van der Waals surface area (Å²) in [5, 5.41) is 26.1. The van der Waals surface area contributed by atoms with Crippen LogP contribution >= 0.6 is 0 Å². The van der Waals surface area contributed by atoms with Gasteiger partial charge in [0.25, 0.3) is 0 Å². The van der Waals surface area contributed by atoms with Crippen LogP contribution in [0.25, 0.3) is 0 Å². The van der Waals surface area contributed by atoms with E-state index in [1.54, 1.807) is 48.5 Å². The Bertz CT molecular complexity index is 787. The second kappa shape index (κ2) is 17.2. The molecule has 7 heteroatoms. The topological polar surface area (TPSA) is 147 Å². The van der Waals surface area contributed by atoms with Gasteiger partial charge in [-0.15, -0.1) is 0 Å². The van der Waals surface area contributed by atoms with E-state index < -0.39 is 0 Å². The first-order valence-corrected chi connectivity index (χ1v) is 9.56. The maximum atomic E-state index is 10.0. The van der Waals surface area contributed by atoms with Gasteiger partial charge in [-0.05, 0) is 67.1 Å². The number of phenols is 3. The van der Waals surface area contributed by atoms with Gasteiger partial charge < -0.3 is 26.8 Å². The fourth-order valence-electron chi connectivity index (χ4n) is 1.87. The maximum absolute atomic E-state index is 10.0. The summed E-state index contributed by atoms with van der Waals surface area (Å²) in [5.74, 6) is 0.684. The van der Waals surface area contributed by atoms with Crippen molar-refractivity contribution >= 4 is 12.6 Å². The Balaban J connectivity index is 0.000000393. The zero-order chi connectivity index (χ0) is 23.5. The molecule has 0 heterocycles. The van der Waals surface area contributed by atoms with E-state index in [4.69, 9.17) is 26.8 Å². The van der Waals surface area contributed by atoms with Crippen LogP contribution in [-0.4, -0.2) is 34.1 Å². The van der Waals surface area contributed by atoms with Gasteiger partial charge >= 0.3 is 0 Å². The molecule has 0 amide bonds. The predicted molar refractivity (Wildman–Crippen MR) is 122 cm³/mol. The quantitative estimate of drug-likeness (QED) is 0.314. The number of rotatable bonds is 4. The first kappa shape index (κ1) is 27.3. The van der Waals surface area contributed by atoms with Crippen molar-refractivity contribution in [3.8, 4) is 17.2 Å². The standard InChI is InChI=1S/2C7H6O2.C6H6O.C4H12N2/c2*8-5-6-1-3-7(9)4-2-6;7-6-4-2-1-3-5-6;1-2-3-4(5)6/h2*1-5,9H;1-5,7H;4H,2-3,5-6H2,1H3. The van der Waals surface area contributed by atoms with Gasteiger partial charge in [0.1, 0.15) is 29.8 Å². The van der Waals surface area contributed by atoms with Crippen LogP contribution in [0.4, 0.5) is 0 Å². The largest absolute Gasteiger partial charge is 0.508 e. The third-order valence-corrected chi connectivity index (χ3v) is 3.44. The number of carbonyl (C=O) groups excluding carboxylic acids is 2. The minimum atomic E-state index is -0.102. The molecule has 166 valence electrons. The number of aldehydes is 2. The fourth-order valence-corrected chi connectivity index (χ4v) is 1.87. The summed E-state index contributed by atoms with van der Waals surface area (Å²) in [5.41, 5.74) is 11.5. The third kappa shape index (κ3) is 15.9. The number of carbonyl (C=O) groups is 2. The van der Waals surface area contributed by atoms with E-state index in [0.29, 0.717) is 16.9 Å². The maximum Gasteiger partial charge on any atom is 0.150 e. The second-order valence-corrected chi connectivity index (χ2v) is 6.21. The van der Waals surface area contributed by atoms with E-state index in [-0.39, 0.29) is 17.7 Å². The minimum absolute atomic E-state index is 0.102. The fraction of sp³-hybridized carbons (Fsp3) is 0.167. The van der Waals surface area contributed by atoms with Crippen LogP contribution in [-0.2, 0) is 0 Å². The normalized spacial score (nSPS) is 9.03. The van der Waals surface area contributed by atoms with Gasteiger partial charge in [0, 0.05) is 11.1 Å². The molecule has 7 nitrogen and oxygen atoms in total. The highest BCUT2D eigenvalue weighted by molar-refractivity contribution is 5.75. The second-order valence-electron chi connectivity index (χ2n) is 6.21. The highest BCUT2D eigenvalue weighted by atomic mass is 16.3. The summed E-state index contributed by atoms with van der Waals surface area (Å²) in [4.78, 5) is 20.1. The first-order valence-electron chi connectivity index (χ1n) is 9.56. The zero-order valence-electron chi connectivity index (χ0n) is 17.5. The first-order chi connectivity index (χ1) is 14.8. The van der Waals surface area contributed by atoms with Crippen LogP contribution < -0.4 is 11.5 Å². The van der Waals surface area contributed by atoms with Crippen molar-refractivity contribution in [2.45, 2.75) is 25.9 Å². The molecule has 0 fully saturated rings. The van der Waals surface area contributed by atoms with Gasteiger partial charge in [-0.25, -0.2) is 0 Å². The summed E-state index contributed by atoms with van der Waals surface area (Å²) in [6.45, 7) is 2.06. The van der Waals surface area contributed by atoms with Crippen molar-refractivity contribution in [1.29, 1.82) is 0 Å². The van der Waals surface area contributed by atoms with E-state index in [2.05, 4.69) is 6.92 Å². The molecule has 3 aromatic rings. The van der Waals surface area contributed by atoms with Crippen molar-refractivity contribution in [2.24, 2.45) is 11.5 Å². The third-order valence-electron chi connectivity index (χ3n) is 3.44. The molecule has 0 atom stereocenters. The lowest BCUT2D eigenvalue weighted by atomic mass is 10.2. The van der Waals surface area contributed by atoms with Gasteiger partial charge in [-0.1, -0.05) is 31.5 Å². The lowest BCUT2D eigenvalue weighted by Crippen LogP contribution is -2.29. The minimum Gasteiger partial charge on any atom is -0.508 e. The smallest absolute Gasteiger partial charge is 0.150 e. The number of para-hydroxylation sites is 1. The Labute approximate surface area is 182 Å². The molecule has 3 rings (SSSR count). The molecule has 31 heavy (non-hydrogen) atoms. The number of hydrogen-bond acceptors (Lipinski definition) is 7. The van der Waals surface area contributed by atoms with E-state index in [1.807, 2.05) is 6.07 Å². The van der Waals surface area contributed by atoms with Crippen molar-refractivity contribution in [1.82, 2.24) is 0 Å². The summed E-state index contributed by atoms with van der Waals surface area (Å²) in [6, 6.07) is 20.8. The summed E-state index contributed by atoms with van der Waals surface area (Å²) in [6.07, 6.45) is 3.38. The van der Waals surface area contributed by atoms with Crippen molar-refractivity contribution in [3.63, 3.8) is 0 Å². The molecule has 0 aromatic heterocycles. The Morgan fingerprint density at radius 2 is 1.03 bits per heavy atom. The lowest BCUT2D eigenvalue weighted by Gasteiger charge is -1.97. The molecular formula is C24H30N2O5. The molecule has 3 aromatic carbocycles. The molecule has 0 aliphatic heterocycles. The van der Waals surface area contributed by atoms with Crippen LogP contribution in [0.15, 0.2) is 78.9 Å². The number of nitrogens with two attached hydrogens (primary N) is 2. The number of aromatic hydroxyl groups is 3. The van der Waals surface area contributed by atoms with E-state index in [9.17, 15) is 9.59 Å². The SMILES string of the molecule is CCCC(N)N.O=Cc1ccc(O)cc1.O=Cc1ccc(O)cc1.Oc1ccccc1. The van der Waals surface area contributed by atoms with Gasteiger partial charge in [0.2, 0.25) is 0 Å². The van der Waals surface area contributed by atoms with E-state index >= 15 is 0 Å². The number of phenolic OH excluding ortho intramolecular Hbond substituents is 3. The van der Waals surface area contributed by atoms with Crippen molar-refractivity contribution in [3.05, 3.63) is 90.0 Å². The van der Waals surface area contributed by atoms with Crippen LogP contribution in [0, 0.1) is 0 Å². The summed E-state index contributed by atoms with van der Waals surface area (Å²) in [7, 11) is 0. The number of benzene rings is 3. The highest BCUT2D eigenvalue weighted by Crippen LogP contribution is 2.07. The van der Waals surface area contributed by atoms with Gasteiger partial charge in [0.05, 0.1) is 6.17 Å². The molecule has 0 unspecified atom stereocenters. The molecule has 0 saturated heterocycles. The van der Waals surface area contributed by atoms with Crippen LogP contribution in [0.3, 0.4) is 0 Å². The molecule has 0 aliphatic carbocycles. The molecule has 0 aliphatic rings. The Kier molecular flexibility index (Phi) is 15.2. The van der Waals surface area contributed by atoms with Crippen molar-refractivity contribution < 1.29 is 24.9 Å². The zero-order valence-corrected chi connectivity index (χ0v) is 17.5. The number of hydrogen-bond donors (Lipinski definition) is 5. The van der Waals surface area contributed by atoms with Crippen LogP contribution in [0.1, 0.15) is 40.5 Å². The van der Waals surface area contributed by atoms with E-state index in [1.165, 1.54) is 24.3 Å². The van der Waals surface area contributed by atoms with E-state index in [0.717, 1.165) is 25.4 Å². The van der Waals surface area contributed by atoms with Crippen molar-refractivity contribution in [2.75, 3.05) is 0 Å². The molecule has 0 spiro atoms. The van der Waals surface area contributed by atoms with Gasteiger partial charge in [-0.3, -0.25) is 9.59 Å². The molecule has 0 radical (unpaired) electrons. The van der Waals surface area contributed by atoms with Crippen LogP contribution in [0.5, 0.6) is 17.2 Å². The van der Waals surface area contributed by atoms with Gasteiger partial charge in [-0.2, -0.15) is 0 Å². The Morgan fingerprint density at radius 3 is 1.23 bits per heavy atom. The monoisotopic (exact) mass is 426 g/mol. The molecule has 0 bridgehead atoms. The molecular weight excluding hydrogens is 396 g/mol. The predicted octanol–water partition coefficient (Wildman–Crippen LogP) is 3.83. The summed E-state index contributed by atoms with van der Waals surface area (Å²) >= 11 is 0. The Morgan fingerprint density at radius 1 is 0.677 bits per heavy atom. The molecule has 7 N–H and O–H groups in total. The average molecular weight is 427 g/mol. The highest BCUT2D eigenvalue weighted by Gasteiger charge is 1.88.